The molecule has 0 unspecified atom stereocenters. The summed E-state index contributed by atoms with van der Waals surface area (Å²) in [5, 5.41) is 1.59. The molecule has 1 aliphatic carbocycles. The maximum Gasteiger partial charge on any atom is 0.0863 e. The molecule has 2 fully saturated rings. The van der Waals surface area contributed by atoms with Crippen molar-refractivity contribution >= 4 is 13.3 Å². The van der Waals surface area contributed by atoms with Crippen molar-refractivity contribution in [2.45, 2.75) is 75.8 Å². The van der Waals surface area contributed by atoms with E-state index in [1.807, 2.05) is 0 Å². The highest BCUT2D eigenvalue weighted by Gasteiger charge is 2.51. The van der Waals surface area contributed by atoms with Crippen molar-refractivity contribution in [2.24, 2.45) is 0 Å². The van der Waals surface area contributed by atoms with Crippen molar-refractivity contribution in [1.29, 1.82) is 0 Å². The van der Waals surface area contributed by atoms with Crippen molar-refractivity contribution in [3.05, 3.63) is 30.3 Å². The molecule has 1 saturated carbocycles. The number of ether oxygens (including phenoxy) is 1. The van der Waals surface area contributed by atoms with Crippen LogP contribution in [0.25, 0.3) is 0 Å². The fourth-order valence-corrected chi connectivity index (χ4v) is 8.14. The summed E-state index contributed by atoms with van der Waals surface area (Å²) >= 11 is 0. The van der Waals surface area contributed by atoms with Crippen molar-refractivity contribution in [3.8, 4) is 0 Å². The Kier molecular flexibility index (Phi) is 3.80. The van der Waals surface area contributed by atoms with E-state index in [0.717, 1.165) is 5.54 Å². The quantitative estimate of drug-likeness (QED) is 0.729. The molecule has 2 atom stereocenters. The largest absolute Gasteiger partial charge is 0.372 e. The third-order valence-electron chi connectivity index (χ3n) is 5.80. The molecular formula is C18H28OSi. The van der Waals surface area contributed by atoms with E-state index in [1.54, 1.807) is 5.19 Å². The van der Waals surface area contributed by atoms with Gasteiger partial charge in [0.15, 0.2) is 0 Å². The Morgan fingerprint density at radius 1 is 1.05 bits per heavy atom. The summed E-state index contributed by atoms with van der Waals surface area (Å²) in [5.74, 6) is 0. The van der Waals surface area contributed by atoms with Gasteiger partial charge in [-0.3, -0.25) is 0 Å². The molecule has 1 spiro atoms. The van der Waals surface area contributed by atoms with E-state index in [1.165, 1.54) is 38.5 Å². The molecule has 0 amide bonds. The molecule has 110 valence electrons. The van der Waals surface area contributed by atoms with Crippen LogP contribution in [0.15, 0.2) is 30.3 Å². The summed E-state index contributed by atoms with van der Waals surface area (Å²) in [6.45, 7) is 7.40. The third kappa shape index (κ3) is 2.48. The first-order chi connectivity index (χ1) is 9.54. The van der Waals surface area contributed by atoms with Crippen LogP contribution in [0.1, 0.15) is 45.4 Å². The van der Waals surface area contributed by atoms with Crippen LogP contribution in [-0.2, 0) is 4.74 Å². The molecule has 1 aliphatic heterocycles. The average Bonchev–Trinajstić information content (AvgIpc) is 2.78. The second kappa shape index (κ2) is 5.30. The summed E-state index contributed by atoms with van der Waals surface area (Å²) in [7, 11) is -1.44. The molecule has 2 heteroatoms. The van der Waals surface area contributed by atoms with Gasteiger partial charge in [-0.25, -0.2) is 0 Å². The van der Waals surface area contributed by atoms with Crippen LogP contribution >= 0.6 is 0 Å². The Balaban J connectivity index is 1.83. The van der Waals surface area contributed by atoms with Gasteiger partial charge in [0.25, 0.3) is 0 Å². The zero-order valence-electron chi connectivity index (χ0n) is 13.2. The van der Waals surface area contributed by atoms with E-state index < -0.39 is 8.07 Å². The summed E-state index contributed by atoms with van der Waals surface area (Å²) in [6, 6.07) is 11.2. The molecule has 1 saturated heterocycles. The van der Waals surface area contributed by atoms with Crippen molar-refractivity contribution in [3.63, 3.8) is 0 Å². The maximum absolute atomic E-state index is 6.54. The Morgan fingerprint density at radius 2 is 1.70 bits per heavy atom. The number of hydrogen-bond acceptors (Lipinski definition) is 1. The topological polar surface area (TPSA) is 9.23 Å². The molecule has 0 radical (unpaired) electrons. The molecule has 20 heavy (non-hydrogen) atoms. The summed E-state index contributed by atoms with van der Waals surface area (Å²) in [4.78, 5) is 0. The molecule has 1 nitrogen and oxygen atoms in total. The molecule has 3 rings (SSSR count). The highest BCUT2D eigenvalue weighted by Crippen LogP contribution is 2.50. The predicted octanol–water partition coefficient (Wildman–Crippen LogP) is 4.48. The fourth-order valence-electron chi connectivity index (χ4n) is 4.53. The Hall–Kier alpha value is -0.603. The van der Waals surface area contributed by atoms with Crippen LogP contribution in [0.4, 0.5) is 0 Å². The molecule has 0 bridgehead atoms. The number of hydrogen-bond donors (Lipinski definition) is 0. The lowest BCUT2D eigenvalue weighted by Gasteiger charge is -2.34. The minimum Gasteiger partial charge on any atom is -0.372 e. The Labute approximate surface area is 124 Å². The lowest BCUT2D eigenvalue weighted by atomic mass is 9.83. The van der Waals surface area contributed by atoms with Crippen LogP contribution in [0.5, 0.6) is 0 Å². The van der Waals surface area contributed by atoms with Gasteiger partial charge < -0.3 is 4.74 Å². The normalized spacial score (nSPS) is 29.8. The minimum absolute atomic E-state index is 0.237. The van der Waals surface area contributed by atoms with Gasteiger partial charge in [-0.1, -0.05) is 67.9 Å². The highest BCUT2D eigenvalue weighted by molar-refractivity contribution is 6.91. The smallest absolute Gasteiger partial charge is 0.0863 e. The second-order valence-corrected chi connectivity index (χ2v) is 12.2. The summed E-state index contributed by atoms with van der Waals surface area (Å²) < 4.78 is 6.54. The Morgan fingerprint density at radius 3 is 2.35 bits per heavy atom. The van der Waals surface area contributed by atoms with Gasteiger partial charge in [-0.2, -0.15) is 0 Å². The first-order valence-corrected chi connectivity index (χ1v) is 11.3. The number of rotatable bonds is 2. The van der Waals surface area contributed by atoms with E-state index in [2.05, 4.69) is 50.3 Å². The van der Waals surface area contributed by atoms with Gasteiger partial charge >= 0.3 is 0 Å². The average molecular weight is 289 g/mol. The van der Waals surface area contributed by atoms with E-state index in [4.69, 9.17) is 4.74 Å². The van der Waals surface area contributed by atoms with Gasteiger partial charge in [0.1, 0.15) is 0 Å². The number of benzene rings is 1. The lowest BCUT2D eigenvalue weighted by Crippen LogP contribution is -2.48. The van der Waals surface area contributed by atoms with Crippen molar-refractivity contribution in [1.82, 2.24) is 0 Å². The van der Waals surface area contributed by atoms with E-state index in [9.17, 15) is 0 Å². The van der Waals surface area contributed by atoms with Gasteiger partial charge in [0.05, 0.1) is 19.8 Å². The SMILES string of the molecule is C[C@@H]1OC2(CCCCC2)C[C@H]1[Si](C)(C)c1ccccc1. The molecule has 1 heterocycles. The zero-order valence-corrected chi connectivity index (χ0v) is 14.2. The van der Waals surface area contributed by atoms with Crippen LogP contribution in [0, 0.1) is 0 Å². The van der Waals surface area contributed by atoms with Crippen LogP contribution in [0.2, 0.25) is 18.6 Å². The molecule has 1 aromatic rings. The highest BCUT2D eigenvalue weighted by atomic mass is 28.3. The Bertz CT molecular complexity index is 448. The fraction of sp³-hybridized carbons (Fsp3) is 0.667. The van der Waals surface area contributed by atoms with Crippen LogP contribution in [-0.4, -0.2) is 19.8 Å². The van der Waals surface area contributed by atoms with Crippen molar-refractivity contribution < 1.29 is 4.74 Å². The first kappa shape index (κ1) is 14.3. The third-order valence-corrected chi connectivity index (χ3v) is 10.2. The molecule has 1 aromatic carbocycles. The standard InChI is InChI=1S/C18H28OSi/c1-15-17(14-18(19-15)12-8-5-9-13-18)20(2,3)16-10-6-4-7-11-16/h4,6-7,10-11,15,17H,5,8-9,12-14H2,1-3H3/t15-,17+/m0/s1. The van der Waals surface area contributed by atoms with E-state index >= 15 is 0 Å². The monoisotopic (exact) mass is 288 g/mol. The predicted molar refractivity (Wildman–Crippen MR) is 88.3 cm³/mol. The zero-order chi connectivity index (χ0) is 14.2. The maximum atomic E-state index is 6.54. The van der Waals surface area contributed by atoms with Gasteiger partial charge in [-0.05, 0) is 31.7 Å². The van der Waals surface area contributed by atoms with E-state index in [-0.39, 0.29) is 5.60 Å². The van der Waals surface area contributed by atoms with Gasteiger partial charge in [0, 0.05) is 0 Å². The first-order valence-electron chi connectivity index (χ1n) is 8.27. The van der Waals surface area contributed by atoms with Crippen LogP contribution in [0.3, 0.4) is 0 Å². The van der Waals surface area contributed by atoms with Crippen molar-refractivity contribution in [2.75, 3.05) is 0 Å². The molecular weight excluding hydrogens is 260 g/mol. The van der Waals surface area contributed by atoms with Gasteiger partial charge in [0.2, 0.25) is 0 Å². The van der Waals surface area contributed by atoms with Gasteiger partial charge in [-0.15, -0.1) is 0 Å². The minimum atomic E-state index is -1.44. The van der Waals surface area contributed by atoms with Crippen LogP contribution < -0.4 is 5.19 Å². The second-order valence-electron chi connectivity index (χ2n) is 7.46. The van der Waals surface area contributed by atoms with E-state index in [0.29, 0.717) is 6.10 Å². The lowest BCUT2D eigenvalue weighted by molar-refractivity contribution is -0.0571. The molecule has 0 aromatic heterocycles. The molecule has 0 N–H and O–H groups in total. The molecule has 2 aliphatic rings. The summed E-state index contributed by atoms with van der Waals surface area (Å²) in [5.41, 5.74) is 1.00. The summed E-state index contributed by atoms with van der Waals surface area (Å²) in [6.07, 6.45) is 8.49.